The molecule has 0 saturated carbocycles. The van der Waals surface area contributed by atoms with Crippen molar-refractivity contribution >= 4 is 11.8 Å². The molecular formula is C20H20FN3OS. The minimum atomic E-state index is -0.252. The van der Waals surface area contributed by atoms with Crippen LogP contribution in [0.4, 0.5) is 4.39 Å². The molecule has 3 aromatic rings. The Kier molecular flexibility index (Phi) is 5.32. The Hall–Kier alpha value is -2.18. The largest absolute Gasteiger partial charge is 0.376 e. The zero-order valence-corrected chi connectivity index (χ0v) is 15.2. The van der Waals surface area contributed by atoms with Gasteiger partial charge < -0.3 is 4.74 Å². The van der Waals surface area contributed by atoms with E-state index in [4.69, 9.17) is 4.74 Å². The summed E-state index contributed by atoms with van der Waals surface area (Å²) in [6, 6.07) is 16.7. The average Bonchev–Trinajstić information content (AvgIpc) is 3.32. The number of halogens is 1. The Bertz CT molecular complexity index is 845. The van der Waals surface area contributed by atoms with Crippen LogP contribution >= 0.6 is 11.8 Å². The Morgan fingerprint density at radius 1 is 1.08 bits per heavy atom. The van der Waals surface area contributed by atoms with E-state index in [2.05, 4.69) is 26.9 Å². The van der Waals surface area contributed by atoms with Gasteiger partial charge in [-0.15, -0.1) is 10.2 Å². The molecule has 1 fully saturated rings. The summed E-state index contributed by atoms with van der Waals surface area (Å²) in [5.74, 6) is 1.34. The summed E-state index contributed by atoms with van der Waals surface area (Å²) in [4.78, 5) is 0. The van der Waals surface area contributed by atoms with Gasteiger partial charge in [0, 0.05) is 17.9 Å². The second kappa shape index (κ2) is 8.01. The number of rotatable bonds is 6. The van der Waals surface area contributed by atoms with Crippen molar-refractivity contribution in [1.82, 2.24) is 14.8 Å². The first-order valence-corrected chi connectivity index (χ1v) is 9.75. The van der Waals surface area contributed by atoms with Crippen LogP contribution in [0.15, 0.2) is 59.8 Å². The summed E-state index contributed by atoms with van der Waals surface area (Å²) >= 11 is 1.66. The maximum absolute atomic E-state index is 13.3. The molecule has 4 nitrogen and oxygen atoms in total. The van der Waals surface area contributed by atoms with E-state index in [1.165, 1.54) is 17.7 Å². The monoisotopic (exact) mass is 369 g/mol. The zero-order chi connectivity index (χ0) is 17.8. The lowest BCUT2D eigenvalue weighted by Gasteiger charge is -2.14. The highest BCUT2D eigenvalue weighted by Gasteiger charge is 2.21. The van der Waals surface area contributed by atoms with Crippen molar-refractivity contribution in [1.29, 1.82) is 0 Å². The Balaban J connectivity index is 1.60. The lowest BCUT2D eigenvalue weighted by Crippen LogP contribution is -2.16. The van der Waals surface area contributed by atoms with Gasteiger partial charge >= 0.3 is 0 Å². The number of benzene rings is 2. The Morgan fingerprint density at radius 3 is 2.62 bits per heavy atom. The molecule has 134 valence electrons. The van der Waals surface area contributed by atoms with E-state index >= 15 is 0 Å². The molecule has 1 aromatic heterocycles. The van der Waals surface area contributed by atoms with Gasteiger partial charge in [0.05, 0.1) is 12.6 Å². The normalized spacial score (nSPS) is 16.9. The molecule has 2 aromatic carbocycles. The molecule has 0 radical (unpaired) electrons. The van der Waals surface area contributed by atoms with E-state index in [9.17, 15) is 4.39 Å². The molecule has 0 amide bonds. The van der Waals surface area contributed by atoms with Crippen LogP contribution in [0.5, 0.6) is 0 Å². The molecule has 0 aliphatic carbocycles. The highest BCUT2D eigenvalue weighted by molar-refractivity contribution is 7.98. The van der Waals surface area contributed by atoms with Gasteiger partial charge in [-0.1, -0.05) is 42.1 Å². The van der Waals surface area contributed by atoms with E-state index < -0.39 is 0 Å². The average molecular weight is 369 g/mol. The van der Waals surface area contributed by atoms with Gasteiger partial charge in [0.1, 0.15) is 5.82 Å². The van der Waals surface area contributed by atoms with Gasteiger partial charge in [-0.3, -0.25) is 4.57 Å². The smallest absolute Gasteiger partial charge is 0.191 e. The predicted molar refractivity (Wildman–Crippen MR) is 100 cm³/mol. The van der Waals surface area contributed by atoms with Crippen molar-refractivity contribution in [2.45, 2.75) is 36.4 Å². The maximum Gasteiger partial charge on any atom is 0.191 e. The number of aromatic nitrogens is 3. The second-order valence-corrected chi connectivity index (χ2v) is 7.28. The number of nitrogens with zero attached hydrogens (tertiary/aromatic N) is 3. The maximum atomic E-state index is 13.3. The second-order valence-electron chi connectivity index (χ2n) is 6.33. The molecule has 26 heavy (non-hydrogen) atoms. The molecule has 1 saturated heterocycles. The minimum Gasteiger partial charge on any atom is -0.376 e. The summed E-state index contributed by atoms with van der Waals surface area (Å²) < 4.78 is 21.2. The van der Waals surface area contributed by atoms with E-state index in [0.29, 0.717) is 0 Å². The SMILES string of the molecule is Fc1ccc(-c2nnc(SCc3ccccc3)n2CC2CCCO2)cc1. The standard InChI is InChI=1S/C20H20FN3OS/c21-17-10-8-16(9-11-17)19-22-23-20(24(19)13-18-7-4-12-25-18)26-14-15-5-2-1-3-6-15/h1-3,5-6,8-11,18H,4,7,12-14H2. The van der Waals surface area contributed by atoms with Crippen molar-refractivity contribution in [2.24, 2.45) is 0 Å². The lowest BCUT2D eigenvalue weighted by molar-refractivity contribution is 0.0953. The van der Waals surface area contributed by atoms with Crippen LogP contribution in [0, 0.1) is 5.82 Å². The van der Waals surface area contributed by atoms with Gasteiger partial charge in [-0.2, -0.15) is 0 Å². The van der Waals surface area contributed by atoms with Crippen molar-refractivity contribution in [3.63, 3.8) is 0 Å². The van der Waals surface area contributed by atoms with E-state index in [0.717, 1.165) is 48.3 Å². The van der Waals surface area contributed by atoms with Crippen LogP contribution in [-0.4, -0.2) is 27.5 Å². The molecule has 4 rings (SSSR count). The summed E-state index contributed by atoms with van der Waals surface area (Å²) in [7, 11) is 0. The fourth-order valence-corrected chi connectivity index (χ4v) is 3.99. The first kappa shape index (κ1) is 17.2. The van der Waals surface area contributed by atoms with E-state index in [1.54, 1.807) is 23.9 Å². The van der Waals surface area contributed by atoms with Crippen LogP contribution in [-0.2, 0) is 17.0 Å². The zero-order valence-electron chi connectivity index (χ0n) is 14.3. The molecule has 1 aliphatic rings. The lowest BCUT2D eigenvalue weighted by atomic mass is 10.2. The van der Waals surface area contributed by atoms with Gasteiger partial charge in [-0.25, -0.2) is 4.39 Å². The summed E-state index contributed by atoms with van der Waals surface area (Å²) in [5, 5.41) is 9.65. The van der Waals surface area contributed by atoms with Crippen LogP contribution in [0.3, 0.4) is 0 Å². The van der Waals surface area contributed by atoms with E-state index in [-0.39, 0.29) is 11.9 Å². The third-order valence-corrected chi connectivity index (χ3v) is 5.48. The van der Waals surface area contributed by atoms with Crippen molar-refractivity contribution in [2.75, 3.05) is 6.61 Å². The molecular weight excluding hydrogens is 349 g/mol. The molecule has 0 bridgehead atoms. The fraction of sp³-hybridized carbons (Fsp3) is 0.300. The van der Waals surface area contributed by atoms with Gasteiger partial charge in [0.25, 0.3) is 0 Å². The molecule has 0 N–H and O–H groups in total. The first-order chi connectivity index (χ1) is 12.8. The van der Waals surface area contributed by atoms with Crippen molar-refractivity contribution in [3.05, 3.63) is 66.0 Å². The molecule has 1 aliphatic heterocycles. The van der Waals surface area contributed by atoms with Crippen LogP contribution in [0.25, 0.3) is 11.4 Å². The highest BCUT2D eigenvalue weighted by Crippen LogP contribution is 2.28. The molecule has 0 spiro atoms. The Labute approximate surface area is 156 Å². The Morgan fingerprint density at radius 2 is 1.88 bits per heavy atom. The number of ether oxygens (including phenoxy) is 1. The van der Waals surface area contributed by atoms with Gasteiger partial charge in [0.2, 0.25) is 0 Å². The third kappa shape index (κ3) is 3.97. The van der Waals surface area contributed by atoms with Crippen LogP contribution in [0.2, 0.25) is 0 Å². The van der Waals surface area contributed by atoms with E-state index in [1.807, 2.05) is 18.2 Å². The minimum absolute atomic E-state index is 0.182. The molecule has 2 heterocycles. The predicted octanol–water partition coefficient (Wildman–Crippen LogP) is 4.56. The summed E-state index contributed by atoms with van der Waals surface area (Å²) in [6.07, 6.45) is 2.32. The van der Waals surface area contributed by atoms with Crippen LogP contribution in [0.1, 0.15) is 18.4 Å². The molecule has 1 unspecified atom stereocenters. The topological polar surface area (TPSA) is 39.9 Å². The number of hydrogen-bond donors (Lipinski definition) is 0. The van der Waals surface area contributed by atoms with Crippen molar-refractivity contribution < 1.29 is 9.13 Å². The summed E-state index contributed by atoms with van der Waals surface area (Å²) in [6.45, 7) is 1.53. The molecule has 6 heteroatoms. The fourth-order valence-electron chi connectivity index (χ4n) is 3.09. The highest BCUT2D eigenvalue weighted by atomic mass is 32.2. The third-order valence-electron chi connectivity index (χ3n) is 4.44. The van der Waals surface area contributed by atoms with Gasteiger partial charge in [0.15, 0.2) is 11.0 Å². The van der Waals surface area contributed by atoms with Gasteiger partial charge in [-0.05, 0) is 42.7 Å². The number of thioether (sulfide) groups is 1. The quantitative estimate of drug-likeness (QED) is 0.598. The number of hydrogen-bond acceptors (Lipinski definition) is 4. The van der Waals surface area contributed by atoms with Crippen molar-refractivity contribution in [3.8, 4) is 11.4 Å². The first-order valence-electron chi connectivity index (χ1n) is 8.77. The summed E-state index contributed by atoms with van der Waals surface area (Å²) in [5.41, 5.74) is 2.11. The van der Waals surface area contributed by atoms with Crippen LogP contribution < -0.4 is 0 Å². The molecule has 1 atom stereocenters.